The third-order valence-electron chi connectivity index (χ3n) is 9.07. The van der Waals surface area contributed by atoms with Gasteiger partial charge in [-0.05, 0) is 61.7 Å². The summed E-state index contributed by atoms with van der Waals surface area (Å²) in [6, 6.07) is 12.2. The molecule has 12 nitrogen and oxygen atoms in total. The molecule has 50 heavy (non-hydrogen) atoms. The van der Waals surface area contributed by atoms with Gasteiger partial charge in [0.05, 0.1) is 34.7 Å². The Morgan fingerprint density at radius 2 is 1.62 bits per heavy atom. The molecule has 2 fully saturated rings. The molecule has 3 heterocycles. The van der Waals surface area contributed by atoms with Crippen molar-refractivity contribution in [1.29, 1.82) is 0 Å². The number of nitrogens with two attached hydrogens (primary N) is 1. The highest BCUT2D eigenvalue weighted by Crippen LogP contribution is 2.50. The summed E-state index contributed by atoms with van der Waals surface area (Å²) in [7, 11) is -2.95. The molecule has 262 valence electrons. The zero-order valence-corrected chi connectivity index (χ0v) is 27.7. The maximum Gasteiger partial charge on any atom is 0.247 e. The molecule has 2 amide bonds. The lowest BCUT2D eigenvalue weighted by Crippen LogP contribution is -2.41. The molecule has 0 bridgehead atoms. The highest BCUT2D eigenvalue weighted by atomic mass is 32.2. The van der Waals surface area contributed by atoms with E-state index in [0.29, 0.717) is 60.8 Å². The number of rotatable bonds is 11. The van der Waals surface area contributed by atoms with Gasteiger partial charge in [0.15, 0.2) is 32.9 Å². The van der Waals surface area contributed by atoms with Crippen LogP contribution in [0, 0.1) is 17.0 Å². The van der Waals surface area contributed by atoms with E-state index in [-0.39, 0.29) is 60.4 Å². The average molecular weight is 709 g/mol. The Bertz CT molecular complexity index is 2060. The number of halogens is 2. The predicted molar refractivity (Wildman–Crippen MR) is 179 cm³/mol. The van der Waals surface area contributed by atoms with Crippen molar-refractivity contribution >= 4 is 43.9 Å². The normalized spacial score (nSPS) is 17.6. The van der Waals surface area contributed by atoms with Crippen molar-refractivity contribution < 1.29 is 45.7 Å². The van der Waals surface area contributed by atoms with Gasteiger partial charge in [-0.2, -0.15) is 0 Å². The molecular formula is C35H34F2N4O8S. The monoisotopic (exact) mass is 708 g/mol. The largest absolute Gasteiger partial charge is 0.489 e. The zero-order chi connectivity index (χ0) is 35.0. The zero-order valence-electron chi connectivity index (χ0n) is 26.9. The Labute approximate surface area is 286 Å². The number of hydrogen-bond donors (Lipinski definition) is 1. The Morgan fingerprint density at radius 1 is 0.920 bits per heavy atom. The minimum Gasteiger partial charge on any atom is -0.489 e. The van der Waals surface area contributed by atoms with E-state index >= 15 is 4.39 Å². The van der Waals surface area contributed by atoms with Crippen LogP contribution in [0.25, 0.3) is 10.9 Å². The number of amides is 2. The topological polar surface area (TPSA) is 151 Å². The highest BCUT2D eigenvalue weighted by molar-refractivity contribution is 7.91. The van der Waals surface area contributed by atoms with Crippen LogP contribution in [0.15, 0.2) is 60.8 Å². The number of primary amides is 1. The molecule has 3 aromatic carbocycles. The summed E-state index contributed by atoms with van der Waals surface area (Å²) in [6.07, 6.45) is 2.68. The molecular weight excluding hydrogens is 674 g/mol. The highest BCUT2D eigenvalue weighted by Gasteiger charge is 2.57. The number of anilines is 2. The van der Waals surface area contributed by atoms with Gasteiger partial charge >= 0.3 is 0 Å². The van der Waals surface area contributed by atoms with Crippen LogP contribution in [-0.4, -0.2) is 81.1 Å². The van der Waals surface area contributed by atoms with Gasteiger partial charge in [-0.1, -0.05) is 0 Å². The van der Waals surface area contributed by atoms with E-state index in [1.807, 2.05) is 0 Å². The van der Waals surface area contributed by atoms with Crippen molar-refractivity contribution in [3.63, 3.8) is 0 Å². The number of ether oxygens (including phenoxy) is 4. The smallest absolute Gasteiger partial charge is 0.247 e. The van der Waals surface area contributed by atoms with Crippen LogP contribution >= 0.6 is 0 Å². The molecule has 0 atom stereocenters. The van der Waals surface area contributed by atoms with Gasteiger partial charge in [-0.25, -0.2) is 17.2 Å². The van der Waals surface area contributed by atoms with Gasteiger partial charge in [0.1, 0.15) is 30.2 Å². The third-order valence-corrected chi connectivity index (χ3v) is 10.7. The van der Waals surface area contributed by atoms with Crippen LogP contribution in [0.5, 0.6) is 28.7 Å². The maximum absolute atomic E-state index is 15.8. The van der Waals surface area contributed by atoms with Gasteiger partial charge in [-0.3, -0.25) is 19.5 Å². The van der Waals surface area contributed by atoms with Crippen LogP contribution in [0.2, 0.25) is 0 Å². The number of carbonyl (C=O) groups is 2. The van der Waals surface area contributed by atoms with Crippen molar-refractivity contribution in [2.75, 3.05) is 55.9 Å². The molecule has 1 saturated heterocycles. The first-order valence-corrected chi connectivity index (χ1v) is 18.0. The summed E-state index contributed by atoms with van der Waals surface area (Å²) in [5.74, 6) is -1.25. The molecule has 0 radical (unpaired) electrons. The second-order valence-corrected chi connectivity index (χ2v) is 14.7. The van der Waals surface area contributed by atoms with E-state index in [1.165, 1.54) is 30.5 Å². The summed E-state index contributed by atoms with van der Waals surface area (Å²) in [5.41, 5.74) is 4.94. The van der Waals surface area contributed by atoms with Crippen LogP contribution in [-0.2, 0) is 19.4 Å². The molecule has 15 heteroatoms. The van der Waals surface area contributed by atoms with Crippen molar-refractivity contribution in [1.82, 2.24) is 9.88 Å². The lowest BCUT2D eigenvalue weighted by molar-refractivity contribution is -0.133. The minimum atomic E-state index is -2.95. The Balaban J connectivity index is 1.13. The quantitative estimate of drug-likeness (QED) is 0.174. The summed E-state index contributed by atoms with van der Waals surface area (Å²) in [5, 5.41) is 0.438. The second-order valence-electron chi connectivity index (χ2n) is 12.4. The number of fused-ring (bicyclic) bond motifs is 3. The SMILES string of the molecule is NC(=O)C1(C(=O)N(c2ccc(F)cc2)c2ccc(Oc3ccnc4cc(OCCCN5CCS(=O)(=O)CC5)c5c(c34)OCCO5)c(F)c2)CC1. The Kier molecular flexibility index (Phi) is 8.95. The van der Waals surface area contributed by atoms with E-state index < -0.39 is 38.7 Å². The second kappa shape index (κ2) is 13.4. The van der Waals surface area contributed by atoms with E-state index in [2.05, 4.69) is 9.88 Å². The summed E-state index contributed by atoms with van der Waals surface area (Å²) < 4.78 is 77.1. The number of carbonyl (C=O) groups excluding carboxylic acids is 2. The predicted octanol–water partition coefficient (Wildman–Crippen LogP) is 4.51. The van der Waals surface area contributed by atoms with Crippen molar-refractivity contribution in [2.24, 2.45) is 11.1 Å². The molecule has 1 aliphatic carbocycles. The van der Waals surface area contributed by atoms with Gasteiger partial charge in [0.2, 0.25) is 17.6 Å². The number of benzene rings is 3. The van der Waals surface area contributed by atoms with Gasteiger partial charge in [0, 0.05) is 43.7 Å². The van der Waals surface area contributed by atoms with E-state index in [4.69, 9.17) is 24.7 Å². The number of nitrogens with zero attached hydrogens (tertiary/aromatic N) is 3. The van der Waals surface area contributed by atoms with Gasteiger partial charge < -0.3 is 29.6 Å². The molecule has 1 saturated carbocycles. The molecule has 2 N–H and O–H groups in total. The van der Waals surface area contributed by atoms with Crippen LogP contribution < -0.4 is 29.6 Å². The number of aromatic nitrogens is 1. The van der Waals surface area contributed by atoms with E-state index in [9.17, 15) is 22.4 Å². The van der Waals surface area contributed by atoms with Gasteiger partial charge in [0.25, 0.3) is 0 Å². The molecule has 7 rings (SSSR count). The van der Waals surface area contributed by atoms with Crippen molar-refractivity contribution in [3.8, 4) is 28.7 Å². The fraction of sp³-hybridized carbons (Fsp3) is 0.343. The molecule has 0 unspecified atom stereocenters. The fourth-order valence-corrected chi connectivity index (χ4v) is 7.40. The summed E-state index contributed by atoms with van der Waals surface area (Å²) >= 11 is 0. The third kappa shape index (κ3) is 6.62. The van der Waals surface area contributed by atoms with E-state index in [1.54, 1.807) is 12.1 Å². The average Bonchev–Trinajstić information content (AvgIpc) is 3.92. The molecule has 3 aliphatic rings. The van der Waals surface area contributed by atoms with Crippen LogP contribution in [0.1, 0.15) is 19.3 Å². The molecule has 0 spiro atoms. The van der Waals surface area contributed by atoms with E-state index in [0.717, 1.165) is 23.1 Å². The van der Waals surface area contributed by atoms with Crippen LogP contribution in [0.4, 0.5) is 20.2 Å². The molecule has 1 aromatic heterocycles. The van der Waals surface area contributed by atoms with Crippen molar-refractivity contribution in [3.05, 3.63) is 72.4 Å². The number of pyridine rings is 1. The lowest BCUT2D eigenvalue weighted by Gasteiger charge is -2.27. The summed E-state index contributed by atoms with van der Waals surface area (Å²) in [6.45, 7) is 2.56. The first-order valence-electron chi connectivity index (χ1n) is 16.2. The Morgan fingerprint density at radius 3 is 2.30 bits per heavy atom. The minimum absolute atomic E-state index is 0.0970. The first kappa shape index (κ1) is 33.5. The lowest BCUT2D eigenvalue weighted by atomic mass is 10.0. The Hall–Kier alpha value is -5.02. The summed E-state index contributed by atoms with van der Waals surface area (Å²) in [4.78, 5) is 33.6. The first-order chi connectivity index (χ1) is 24.0. The van der Waals surface area contributed by atoms with Crippen LogP contribution in [0.3, 0.4) is 0 Å². The van der Waals surface area contributed by atoms with Gasteiger partial charge in [-0.15, -0.1) is 0 Å². The molecule has 4 aromatic rings. The number of sulfone groups is 1. The number of hydrogen-bond acceptors (Lipinski definition) is 10. The molecule has 2 aliphatic heterocycles. The maximum atomic E-state index is 15.8. The fourth-order valence-electron chi connectivity index (χ4n) is 6.12. The standard InChI is InChI=1S/C35H34F2N4O8S/c36-22-2-4-23(5-3-22)41(34(43)35(9-10-35)33(38)42)24-6-7-27(25(37)20-24)49-28-8-11-39-26-21-29(31-32(30(26)28)48-17-16-47-31)46-15-1-12-40-13-18-50(44,45)19-14-40/h2-8,11,20-21H,1,9-10,12-19H2,(H2,38,42). The van der Waals surface area contributed by atoms with Crippen molar-refractivity contribution in [2.45, 2.75) is 19.3 Å².